The van der Waals surface area contributed by atoms with Gasteiger partial charge in [-0.15, -0.1) is 0 Å². The Morgan fingerprint density at radius 1 is 1.32 bits per heavy atom. The third-order valence-corrected chi connectivity index (χ3v) is 6.48. The largest absolute Gasteiger partial charge is 0.341 e. The van der Waals surface area contributed by atoms with Crippen LogP contribution >= 0.6 is 0 Å². The van der Waals surface area contributed by atoms with E-state index in [0.29, 0.717) is 17.3 Å². The minimum Gasteiger partial charge on any atom is -0.341 e. The summed E-state index contributed by atoms with van der Waals surface area (Å²) in [4.78, 5) is 14.7. The highest BCUT2D eigenvalue weighted by atomic mass is 32.2. The number of amides is 1. The molecule has 3 aliphatic rings. The standard InChI is InChI=1S/C16H28N2O3S/c1-7-22(20,21)17-13(15(2,3)4)14(19)18-9-11-8-12(10-18)16(11,5)6/h7,11-13,17H,1,8-10H2,2-6H3/t11-,12+,13-/m1/s1. The smallest absolute Gasteiger partial charge is 0.241 e. The zero-order valence-corrected chi connectivity index (χ0v) is 15.0. The highest BCUT2D eigenvalue weighted by Crippen LogP contribution is 2.54. The molecule has 1 aliphatic carbocycles. The molecule has 0 aromatic carbocycles. The van der Waals surface area contributed by atoms with E-state index in [9.17, 15) is 13.2 Å². The van der Waals surface area contributed by atoms with Crippen LogP contribution in [0.3, 0.4) is 0 Å². The summed E-state index contributed by atoms with van der Waals surface area (Å²) in [5, 5.41) is 0.857. The quantitative estimate of drug-likeness (QED) is 0.858. The Bertz CT molecular complexity index is 561. The molecule has 2 bridgehead atoms. The van der Waals surface area contributed by atoms with Gasteiger partial charge in [0.1, 0.15) is 6.04 Å². The van der Waals surface area contributed by atoms with E-state index in [0.717, 1.165) is 18.5 Å². The van der Waals surface area contributed by atoms with Gasteiger partial charge in [-0.2, -0.15) is 4.72 Å². The van der Waals surface area contributed by atoms with Gasteiger partial charge in [-0.1, -0.05) is 41.2 Å². The van der Waals surface area contributed by atoms with Gasteiger partial charge in [-0.3, -0.25) is 4.79 Å². The molecule has 1 N–H and O–H groups in total. The third kappa shape index (κ3) is 3.08. The van der Waals surface area contributed by atoms with Crippen molar-refractivity contribution in [1.29, 1.82) is 0 Å². The van der Waals surface area contributed by atoms with Crippen molar-refractivity contribution in [2.45, 2.75) is 47.1 Å². The molecule has 2 saturated heterocycles. The number of hydrogen-bond acceptors (Lipinski definition) is 3. The molecule has 3 atom stereocenters. The van der Waals surface area contributed by atoms with Crippen molar-refractivity contribution in [3.8, 4) is 0 Å². The molecule has 0 radical (unpaired) electrons. The minimum absolute atomic E-state index is 0.122. The van der Waals surface area contributed by atoms with Crippen molar-refractivity contribution >= 4 is 15.9 Å². The number of piperidine rings is 2. The van der Waals surface area contributed by atoms with Crippen molar-refractivity contribution in [2.75, 3.05) is 13.1 Å². The summed E-state index contributed by atoms with van der Waals surface area (Å²) in [5.41, 5.74) is -0.195. The molecule has 5 nitrogen and oxygen atoms in total. The van der Waals surface area contributed by atoms with Gasteiger partial charge in [0.2, 0.25) is 15.9 Å². The molecule has 1 saturated carbocycles. The van der Waals surface area contributed by atoms with E-state index in [-0.39, 0.29) is 5.91 Å². The van der Waals surface area contributed by atoms with E-state index in [1.807, 2.05) is 25.7 Å². The number of carbonyl (C=O) groups excluding carboxylic acids is 1. The van der Waals surface area contributed by atoms with Gasteiger partial charge in [0.05, 0.1) is 0 Å². The monoisotopic (exact) mass is 328 g/mol. The van der Waals surface area contributed by atoms with Crippen LogP contribution in [0.1, 0.15) is 41.0 Å². The second-order valence-electron chi connectivity index (χ2n) is 8.32. The Hall–Kier alpha value is -0.880. The van der Waals surface area contributed by atoms with Crippen LogP contribution in [0.4, 0.5) is 0 Å². The van der Waals surface area contributed by atoms with Crippen LogP contribution < -0.4 is 4.72 Å². The van der Waals surface area contributed by atoms with E-state index in [4.69, 9.17) is 0 Å². The van der Waals surface area contributed by atoms with E-state index in [1.54, 1.807) is 0 Å². The number of nitrogens with zero attached hydrogens (tertiary/aromatic N) is 1. The molecule has 0 aromatic heterocycles. The number of carbonyl (C=O) groups is 1. The van der Waals surface area contributed by atoms with Crippen LogP contribution in [0.25, 0.3) is 0 Å². The molecule has 22 heavy (non-hydrogen) atoms. The van der Waals surface area contributed by atoms with Crippen molar-refractivity contribution in [2.24, 2.45) is 22.7 Å². The molecule has 2 heterocycles. The molecule has 3 fully saturated rings. The molecule has 1 amide bonds. The number of nitrogens with one attached hydrogen (secondary N) is 1. The van der Waals surface area contributed by atoms with Crippen LogP contribution in [0.5, 0.6) is 0 Å². The normalized spacial score (nSPS) is 28.7. The van der Waals surface area contributed by atoms with Crippen molar-refractivity contribution < 1.29 is 13.2 Å². The zero-order chi connectivity index (χ0) is 16.9. The first-order valence-corrected chi connectivity index (χ1v) is 9.36. The predicted octanol–water partition coefficient (Wildman–Crippen LogP) is 1.97. The average molecular weight is 328 g/mol. The second-order valence-corrected chi connectivity index (χ2v) is 9.98. The first-order chi connectivity index (χ1) is 9.88. The third-order valence-electron chi connectivity index (χ3n) is 5.48. The summed E-state index contributed by atoms with van der Waals surface area (Å²) < 4.78 is 26.1. The SMILES string of the molecule is C=CS(=O)(=O)N[C@H](C(=O)N1C[C@H]2C[C@@H](C1)C2(C)C)C(C)(C)C. The van der Waals surface area contributed by atoms with Gasteiger partial charge < -0.3 is 4.90 Å². The summed E-state index contributed by atoms with van der Waals surface area (Å²) in [6.07, 6.45) is 1.18. The van der Waals surface area contributed by atoms with Crippen LogP contribution in [0.2, 0.25) is 0 Å². The molecule has 3 rings (SSSR count). The molecule has 0 aromatic rings. The number of rotatable bonds is 4. The lowest BCUT2D eigenvalue weighted by molar-refractivity contribution is -0.155. The van der Waals surface area contributed by atoms with Crippen molar-refractivity contribution in [1.82, 2.24) is 9.62 Å². The molecule has 0 unspecified atom stereocenters. The zero-order valence-electron chi connectivity index (χ0n) is 14.2. The van der Waals surface area contributed by atoms with Gasteiger partial charge >= 0.3 is 0 Å². The van der Waals surface area contributed by atoms with Crippen LogP contribution in [-0.2, 0) is 14.8 Å². The first-order valence-electron chi connectivity index (χ1n) is 7.82. The lowest BCUT2D eigenvalue weighted by Gasteiger charge is -2.60. The molecule has 6 heteroatoms. The fraction of sp³-hybridized carbons (Fsp3) is 0.812. The van der Waals surface area contributed by atoms with Gasteiger partial charge in [0, 0.05) is 18.5 Å². The van der Waals surface area contributed by atoms with Crippen LogP contribution in [0, 0.1) is 22.7 Å². The topological polar surface area (TPSA) is 66.5 Å². The summed E-state index contributed by atoms with van der Waals surface area (Å²) in [7, 11) is -3.64. The van der Waals surface area contributed by atoms with Crippen LogP contribution in [-0.4, -0.2) is 38.4 Å². The maximum absolute atomic E-state index is 12.9. The molecule has 2 aliphatic heterocycles. The lowest BCUT2D eigenvalue weighted by atomic mass is 9.52. The van der Waals surface area contributed by atoms with E-state index in [1.165, 1.54) is 6.42 Å². The van der Waals surface area contributed by atoms with Crippen molar-refractivity contribution in [3.05, 3.63) is 12.0 Å². The summed E-state index contributed by atoms with van der Waals surface area (Å²) in [6, 6.07) is -0.767. The maximum Gasteiger partial charge on any atom is 0.241 e. The predicted molar refractivity (Wildman–Crippen MR) is 87.5 cm³/mol. The Morgan fingerprint density at radius 3 is 2.18 bits per heavy atom. The van der Waals surface area contributed by atoms with Gasteiger partial charge in [-0.25, -0.2) is 8.42 Å². The molecule has 126 valence electrons. The van der Waals surface area contributed by atoms with E-state index in [2.05, 4.69) is 25.1 Å². The molecular weight excluding hydrogens is 300 g/mol. The Morgan fingerprint density at radius 2 is 1.82 bits per heavy atom. The fourth-order valence-corrected chi connectivity index (χ4v) is 4.40. The van der Waals surface area contributed by atoms with Gasteiger partial charge in [0.25, 0.3) is 0 Å². The molecular formula is C16H28N2O3S. The Balaban J connectivity index is 2.16. The van der Waals surface area contributed by atoms with Crippen LogP contribution in [0.15, 0.2) is 12.0 Å². The maximum atomic E-state index is 12.9. The highest BCUT2D eigenvalue weighted by molar-refractivity contribution is 7.92. The second kappa shape index (κ2) is 5.34. The number of hydrogen-bond donors (Lipinski definition) is 1. The van der Waals surface area contributed by atoms with Crippen molar-refractivity contribution in [3.63, 3.8) is 0 Å². The number of sulfonamides is 1. The molecule has 0 spiro atoms. The van der Waals surface area contributed by atoms with Gasteiger partial charge in [-0.05, 0) is 29.1 Å². The number of fused-ring (bicyclic) bond motifs is 2. The van der Waals surface area contributed by atoms with Gasteiger partial charge in [0.15, 0.2) is 0 Å². The minimum atomic E-state index is -3.64. The summed E-state index contributed by atoms with van der Waals surface area (Å²) in [5.74, 6) is 0.918. The first kappa shape index (κ1) is 17.5. The summed E-state index contributed by atoms with van der Waals surface area (Å²) in [6.45, 7) is 14.9. The highest BCUT2D eigenvalue weighted by Gasteiger charge is 2.54. The Kier molecular flexibility index (Phi) is 4.24. The van der Waals surface area contributed by atoms with E-state index < -0.39 is 21.5 Å². The van der Waals surface area contributed by atoms with E-state index >= 15 is 0 Å². The fourth-order valence-electron chi connectivity index (χ4n) is 3.52. The summed E-state index contributed by atoms with van der Waals surface area (Å²) >= 11 is 0. The lowest BCUT2D eigenvalue weighted by Crippen LogP contribution is -2.64. The average Bonchev–Trinajstić information content (AvgIpc) is 2.43. The Labute approximate surface area is 134 Å².